The molecular weight excluding hydrogens is 312 g/mol. The Labute approximate surface area is 130 Å². The van der Waals surface area contributed by atoms with Crippen LogP contribution in [0.1, 0.15) is 0 Å². The second-order valence-corrected chi connectivity index (χ2v) is 3.23. The van der Waals surface area contributed by atoms with E-state index in [0.717, 1.165) is 0 Å². The van der Waals surface area contributed by atoms with E-state index in [-0.39, 0.29) is 21.1 Å². The molecule has 19 heavy (non-hydrogen) atoms. The van der Waals surface area contributed by atoms with Gasteiger partial charge in [0.05, 0.1) is 0 Å². The van der Waals surface area contributed by atoms with Gasteiger partial charge in [-0.2, -0.15) is 109 Å². The quantitative estimate of drug-likeness (QED) is 0.422. The average molecular weight is 327 g/mol. The minimum atomic E-state index is 0. The predicted octanol–water partition coefficient (Wildman–Crippen LogP) is 4.46. The van der Waals surface area contributed by atoms with E-state index in [9.17, 15) is 0 Å². The van der Waals surface area contributed by atoms with Gasteiger partial charge in [-0.3, -0.25) is 0 Å². The summed E-state index contributed by atoms with van der Waals surface area (Å²) in [7, 11) is 0. The van der Waals surface area contributed by atoms with Gasteiger partial charge in [-0.1, -0.05) is 0 Å². The molecule has 0 aliphatic carbocycles. The summed E-state index contributed by atoms with van der Waals surface area (Å²) in [5.74, 6) is 0. The summed E-state index contributed by atoms with van der Waals surface area (Å²) in [6.45, 7) is 0. The molecule has 0 nitrogen and oxygen atoms in total. The zero-order chi connectivity index (χ0) is 12.7. The van der Waals surface area contributed by atoms with Gasteiger partial charge in [0.1, 0.15) is 0 Å². The Morgan fingerprint density at radius 2 is 0.526 bits per heavy atom. The molecule has 0 N–H and O–H groups in total. The van der Waals surface area contributed by atoms with Crippen LogP contribution in [-0.2, 0) is 21.1 Å². The van der Waals surface area contributed by atoms with E-state index in [1.54, 1.807) is 0 Å². The largest absolute Gasteiger partial charge is 3.00 e. The normalized spacial score (nSPS) is 7.58. The molecule has 0 bridgehead atoms. The van der Waals surface area contributed by atoms with Crippen molar-refractivity contribution in [3.05, 3.63) is 109 Å². The number of hydrogen-bond donors (Lipinski definition) is 0. The van der Waals surface area contributed by atoms with Crippen LogP contribution in [0.5, 0.6) is 0 Å². The molecule has 0 atom stereocenters. The smallest absolute Gasteiger partial charge is 0.184 e. The summed E-state index contributed by atoms with van der Waals surface area (Å²) in [6.07, 6.45) is 0. The number of benzene rings is 3. The molecule has 0 fully saturated rings. The third-order valence-corrected chi connectivity index (χ3v) is 1.82. The maximum Gasteiger partial charge on any atom is 3.00 e. The van der Waals surface area contributed by atoms with Crippen molar-refractivity contribution in [1.82, 2.24) is 0 Å². The minimum absolute atomic E-state index is 0. The molecule has 0 spiro atoms. The molecule has 0 aliphatic rings. The van der Waals surface area contributed by atoms with Crippen LogP contribution in [0.15, 0.2) is 91.0 Å². The molecule has 93 valence electrons. The van der Waals surface area contributed by atoms with Crippen LogP contribution in [0.25, 0.3) is 0 Å². The molecule has 3 aromatic carbocycles. The van der Waals surface area contributed by atoms with Gasteiger partial charge in [-0.05, 0) is 0 Å². The van der Waals surface area contributed by atoms with Gasteiger partial charge in [0, 0.05) is 0 Å². The van der Waals surface area contributed by atoms with Crippen molar-refractivity contribution in [2.75, 3.05) is 0 Å². The zero-order valence-electron chi connectivity index (χ0n) is 10.6. The van der Waals surface area contributed by atoms with Crippen molar-refractivity contribution in [2.24, 2.45) is 0 Å². The molecule has 1 heteroatoms. The standard InChI is InChI=1S/3C6H5.Mo/c3*1-2-4-6-5-3-1;/h3*1-5H;/q3*-1;+3. The van der Waals surface area contributed by atoms with Gasteiger partial charge < -0.3 is 0 Å². The molecule has 0 aromatic heterocycles. The fourth-order valence-corrected chi connectivity index (χ4v) is 1.03. The van der Waals surface area contributed by atoms with Crippen LogP contribution >= 0.6 is 0 Å². The van der Waals surface area contributed by atoms with Crippen LogP contribution in [0, 0.1) is 18.2 Å². The monoisotopic (exact) mass is 329 g/mol. The Morgan fingerprint density at radius 3 is 0.579 bits per heavy atom. The first kappa shape index (κ1) is 17.3. The zero-order valence-corrected chi connectivity index (χ0v) is 12.6. The third kappa shape index (κ3) is 12.6. The van der Waals surface area contributed by atoms with E-state index >= 15 is 0 Å². The minimum Gasteiger partial charge on any atom is -0.184 e. The van der Waals surface area contributed by atoms with Crippen molar-refractivity contribution in [2.45, 2.75) is 0 Å². The Hall–Kier alpha value is -1.65. The molecule has 0 saturated heterocycles. The first-order chi connectivity index (χ1) is 9.00. The SMILES string of the molecule is [Mo+3].[c-]1ccccc1.[c-]1ccccc1.[c-]1ccccc1. The summed E-state index contributed by atoms with van der Waals surface area (Å²) in [6, 6.07) is 37.5. The number of hydrogen-bond acceptors (Lipinski definition) is 0. The van der Waals surface area contributed by atoms with E-state index in [2.05, 4.69) is 18.2 Å². The van der Waals surface area contributed by atoms with Gasteiger partial charge >= 0.3 is 21.1 Å². The van der Waals surface area contributed by atoms with E-state index in [4.69, 9.17) is 0 Å². The maximum atomic E-state index is 2.89. The Bertz CT molecular complexity index is 296. The van der Waals surface area contributed by atoms with Crippen LogP contribution < -0.4 is 0 Å². The molecule has 0 heterocycles. The van der Waals surface area contributed by atoms with Gasteiger partial charge in [-0.25, -0.2) is 0 Å². The van der Waals surface area contributed by atoms with Gasteiger partial charge in [-0.15, -0.1) is 0 Å². The fourth-order valence-electron chi connectivity index (χ4n) is 1.03. The van der Waals surface area contributed by atoms with E-state index < -0.39 is 0 Å². The third-order valence-electron chi connectivity index (χ3n) is 1.82. The Balaban J connectivity index is 0.000000249. The van der Waals surface area contributed by atoms with Crippen LogP contribution in [0.2, 0.25) is 0 Å². The first-order valence-electron chi connectivity index (χ1n) is 5.73. The van der Waals surface area contributed by atoms with Crippen molar-refractivity contribution in [3.63, 3.8) is 0 Å². The molecule has 0 aliphatic heterocycles. The van der Waals surface area contributed by atoms with Crippen LogP contribution in [0.4, 0.5) is 0 Å². The molecule has 3 aromatic rings. The first-order valence-corrected chi connectivity index (χ1v) is 5.73. The molecule has 0 amide bonds. The van der Waals surface area contributed by atoms with E-state index in [1.807, 2.05) is 91.0 Å². The topological polar surface area (TPSA) is 0 Å². The van der Waals surface area contributed by atoms with Crippen LogP contribution in [-0.4, -0.2) is 0 Å². The van der Waals surface area contributed by atoms with Crippen molar-refractivity contribution < 1.29 is 21.1 Å². The summed E-state index contributed by atoms with van der Waals surface area (Å²) >= 11 is 0. The van der Waals surface area contributed by atoms with Crippen molar-refractivity contribution >= 4 is 0 Å². The maximum absolute atomic E-state index is 2.89. The summed E-state index contributed by atoms with van der Waals surface area (Å²) < 4.78 is 0. The second kappa shape index (κ2) is 14.4. The van der Waals surface area contributed by atoms with Crippen LogP contribution in [0.3, 0.4) is 0 Å². The molecule has 0 saturated carbocycles. The summed E-state index contributed by atoms with van der Waals surface area (Å²) in [5.41, 5.74) is 0. The van der Waals surface area contributed by atoms with Gasteiger partial charge in [0.15, 0.2) is 0 Å². The van der Waals surface area contributed by atoms with Gasteiger partial charge in [0.2, 0.25) is 0 Å². The van der Waals surface area contributed by atoms with Gasteiger partial charge in [0.25, 0.3) is 0 Å². The second-order valence-electron chi connectivity index (χ2n) is 3.23. The number of rotatable bonds is 0. The Morgan fingerprint density at radius 1 is 0.316 bits per heavy atom. The molecular formula is C18H15Mo. The molecule has 3 rings (SSSR count). The predicted molar refractivity (Wildman–Crippen MR) is 75.8 cm³/mol. The summed E-state index contributed by atoms with van der Waals surface area (Å²) in [5, 5.41) is 0. The van der Waals surface area contributed by atoms with Crippen molar-refractivity contribution in [1.29, 1.82) is 0 Å². The molecule has 1 radical (unpaired) electrons. The summed E-state index contributed by atoms with van der Waals surface area (Å²) in [4.78, 5) is 0. The molecule has 0 unspecified atom stereocenters. The average Bonchev–Trinajstić information content (AvgIpc) is 2.54. The van der Waals surface area contributed by atoms with Crippen molar-refractivity contribution in [3.8, 4) is 0 Å². The fraction of sp³-hybridized carbons (Fsp3) is 0. The van der Waals surface area contributed by atoms with E-state index in [0.29, 0.717) is 0 Å². The Kier molecular flexibility index (Phi) is 13.2. The van der Waals surface area contributed by atoms with E-state index in [1.165, 1.54) is 0 Å².